The number of ether oxygens (including phenoxy) is 1. The first-order valence-corrected chi connectivity index (χ1v) is 11.6. The van der Waals surface area contributed by atoms with E-state index in [0.717, 1.165) is 36.1 Å². The highest BCUT2D eigenvalue weighted by molar-refractivity contribution is 6.01. The summed E-state index contributed by atoms with van der Waals surface area (Å²) in [6.45, 7) is 4.95. The number of nitrogens with zero attached hydrogens (tertiary/aromatic N) is 3. The molecule has 33 heavy (non-hydrogen) atoms. The van der Waals surface area contributed by atoms with Crippen LogP contribution in [0.5, 0.6) is 5.75 Å². The average Bonchev–Trinajstić information content (AvgIpc) is 3.14. The van der Waals surface area contributed by atoms with Crippen LogP contribution in [-0.4, -0.2) is 44.9 Å². The largest absolute Gasteiger partial charge is 0.489 e. The highest BCUT2D eigenvalue weighted by Crippen LogP contribution is 2.32. The zero-order valence-corrected chi connectivity index (χ0v) is 18.6. The van der Waals surface area contributed by atoms with E-state index in [1.165, 1.54) is 12.7 Å². The summed E-state index contributed by atoms with van der Waals surface area (Å²) in [6, 6.07) is 5.46. The van der Waals surface area contributed by atoms with Gasteiger partial charge < -0.3 is 20.3 Å². The first-order chi connectivity index (χ1) is 16.1. The van der Waals surface area contributed by atoms with Gasteiger partial charge in [0.15, 0.2) is 0 Å². The van der Waals surface area contributed by atoms with Crippen molar-refractivity contribution in [3.63, 3.8) is 0 Å². The van der Waals surface area contributed by atoms with Gasteiger partial charge >= 0.3 is 0 Å². The molecule has 3 atom stereocenters. The van der Waals surface area contributed by atoms with Crippen molar-refractivity contribution in [2.24, 2.45) is 0 Å². The van der Waals surface area contributed by atoms with Crippen molar-refractivity contribution in [1.82, 2.24) is 25.5 Å². The molecule has 2 N–H and O–H groups in total. The minimum Gasteiger partial charge on any atom is -0.489 e. The van der Waals surface area contributed by atoms with E-state index in [-0.39, 0.29) is 24.0 Å². The van der Waals surface area contributed by atoms with E-state index in [1.807, 2.05) is 30.6 Å². The number of carbonyl (C=O) groups excluding carboxylic acids is 2. The minimum atomic E-state index is -0.450. The van der Waals surface area contributed by atoms with Gasteiger partial charge in [-0.3, -0.25) is 9.59 Å². The standard InChI is InChI=1S/C25H29N5O3/c1-16-6-9-22(24(31)29-16)30-14-18-10-19(7-8-20(18)25(30)32)33-23-5-3-2-4-21(23)28-13-17-11-26-15-27-12-17/h7-8,10-12,15,21-23,28H,1-6,9,13-14H2,(H,29,31)/t21-,22?,23+/m0/s1. The molecule has 8 nitrogen and oxygen atoms in total. The number of hydrogen-bond acceptors (Lipinski definition) is 6. The minimum absolute atomic E-state index is 0.0600. The summed E-state index contributed by atoms with van der Waals surface area (Å²) in [4.78, 5) is 35.2. The molecule has 2 aliphatic heterocycles. The number of piperidine rings is 1. The maximum Gasteiger partial charge on any atom is 0.255 e. The van der Waals surface area contributed by atoms with Crippen LogP contribution in [0.15, 0.2) is 49.2 Å². The Hall–Kier alpha value is -3.26. The van der Waals surface area contributed by atoms with Crippen LogP contribution in [-0.2, 0) is 17.9 Å². The number of amides is 2. The summed E-state index contributed by atoms with van der Waals surface area (Å²) < 4.78 is 6.42. The topological polar surface area (TPSA) is 96.4 Å². The Morgan fingerprint density at radius 1 is 1.15 bits per heavy atom. The summed E-state index contributed by atoms with van der Waals surface area (Å²) in [5, 5.41) is 6.39. The predicted molar refractivity (Wildman–Crippen MR) is 122 cm³/mol. The molecular weight excluding hydrogens is 418 g/mol. The molecule has 172 valence electrons. The molecule has 0 bridgehead atoms. The number of allylic oxidation sites excluding steroid dienone is 1. The zero-order chi connectivity index (χ0) is 22.8. The van der Waals surface area contributed by atoms with E-state index in [9.17, 15) is 9.59 Å². The van der Waals surface area contributed by atoms with E-state index in [2.05, 4.69) is 27.2 Å². The summed E-state index contributed by atoms with van der Waals surface area (Å²) in [5.41, 5.74) is 3.33. The molecule has 2 amide bonds. The number of carbonyl (C=O) groups is 2. The molecule has 2 aromatic rings. The summed E-state index contributed by atoms with van der Waals surface area (Å²) in [6.07, 6.45) is 10.9. The van der Waals surface area contributed by atoms with Gasteiger partial charge in [0.1, 0.15) is 24.2 Å². The molecular formula is C25H29N5O3. The van der Waals surface area contributed by atoms with Gasteiger partial charge in [-0.1, -0.05) is 13.0 Å². The van der Waals surface area contributed by atoms with Gasteiger partial charge in [0.25, 0.3) is 5.91 Å². The maximum absolute atomic E-state index is 13.0. The quantitative estimate of drug-likeness (QED) is 0.707. The lowest BCUT2D eigenvalue weighted by Gasteiger charge is -2.32. The third-order valence-electron chi connectivity index (χ3n) is 6.78. The van der Waals surface area contributed by atoms with Crippen molar-refractivity contribution in [3.05, 3.63) is 65.9 Å². The molecule has 1 saturated carbocycles. The number of benzene rings is 1. The van der Waals surface area contributed by atoms with Crippen LogP contribution in [0.1, 0.15) is 60.0 Å². The van der Waals surface area contributed by atoms with E-state index in [0.29, 0.717) is 37.2 Å². The lowest BCUT2D eigenvalue weighted by atomic mass is 9.92. The van der Waals surface area contributed by atoms with E-state index in [4.69, 9.17) is 4.74 Å². The Balaban J connectivity index is 1.25. The molecule has 3 heterocycles. The summed E-state index contributed by atoms with van der Waals surface area (Å²) in [5.74, 6) is 0.530. The van der Waals surface area contributed by atoms with Gasteiger partial charge in [-0.25, -0.2) is 9.97 Å². The second-order valence-electron chi connectivity index (χ2n) is 9.07. The average molecular weight is 448 g/mol. The molecule has 1 unspecified atom stereocenters. The van der Waals surface area contributed by atoms with Crippen molar-refractivity contribution in [2.45, 2.75) is 69.8 Å². The monoisotopic (exact) mass is 447 g/mol. The molecule has 1 aliphatic carbocycles. The highest BCUT2D eigenvalue weighted by atomic mass is 16.5. The molecule has 1 saturated heterocycles. The Kier molecular flexibility index (Phi) is 6.09. The first-order valence-electron chi connectivity index (χ1n) is 11.6. The fourth-order valence-electron chi connectivity index (χ4n) is 5.02. The highest BCUT2D eigenvalue weighted by Gasteiger charge is 2.38. The van der Waals surface area contributed by atoms with Gasteiger partial charge in [0.2, 0.25) is 5.91 Å². The maximum atomic E-state index is 13.0. The van der Waals surface area contributed by atoms with E-state index >= 15 is 0 Å². The van der Waals surface area contributed by atoms with Crippen LogP contribution in [0.25, 0.3) is 0 Å². The van der Waals surface area contributed by atoms with Crippen molar-refractivity contribution in [2.75, 3.05) is 0 Å². The van der Waals surface area contributed by atoms with Gasteiger partial charge in [0.05, 0.1) is 0 Å². The van der Waals surface area contributed by atoms with Gasteiger partial charge in [-0.2, -0.15) is 0 Å². The van der Waals surface area contributed by atoms with Crippen LogP contribution >= 0.6 is 0 Å². The molecule has 1 aromatic heterocycles. The van der Waals surface area contributed by atoms with Gasteiger partial charge in [-0.15, -0.1) is 0 Å². The van der Waals surface area contributed by atoms with Crippen molar-refractivity contribution >= 4 is 11.8 Å². The molecule has 8 heteroatoms. The van der Waals surface area contributed by atoms with Crippen molar-refractivity contribution in [1.29, 1.82) is 0 Å². The van der Waals surface area contributed by atoms with Gasteiger partial charge in [-0.05, 0) is 55.9 Å². The molecule has 2 fully saturated rings. The molecule has 0 radical (unpaired) electrons. The summed E-state index contributed by atoms with van der Waals surface area (Å²) >= 11 is 0. The lowest BCUT2D eigenvalue weighted by Crippen LogP contribution is -2.49. The Labute approximate surface area is 193 Å². The Morgan fingerprint density at radius 3 is 2.79 bits per heavy atom. The molecule has 5 rings (SSSR count). The fourth-order valence-corrected chi connectivity index (χ4v) is 5.02. The number of aromatic nitrogens is 2. The summed E-state index contributed by atoms with van der Waals surface area (Å²) in [7, 11) is 0. The van der Waals surface area contributed by atoms with Gasteiger partial charge in [0, 0.05) is 48.3 Å². The number of hydrogen-bond donors (Lipinski definition) is 2. The first kappa shape index (κ1) is 21.6. The SMILES string of the molecule is C=C1CCC(N2Cc3cc(O[C@@H]4CCCC[C@@H]4NCc4cncnc4)ccc3C2=O)C(=O)N1. The zero-order valence-electron chi connectivity index (χ0n) is 18.6. The number of rotatable bonds is 6. The molecule has 0 spiro atoms. The smallest absolute Gasteiger partial charge is 0.255 e. The number of fused-ring (bicyclic) bond motifs is 1. The van der Waals surface area contributed by atoms with E-state index < -0.39 is 6.04 Å². The molecule has 1 aromatic carbocycles. The Morgan fingerprint density at radius 2 is 1.97 bits per heavy atom. The van der Waals surface area contributed by atoms with Crippen LogP contribution in [0.3, 0.4) is 0 Å². The fraction of sp³-hybridized carbons (Fsp3) is 0.440. The predicted octanol–water partition coefficient (Wildman–Crippen LogP) is 2.70. The van der Waals surface area contributed by atoms with Crippen molar-refractivity contribution in [3.8, 4) is 5.75 Å². The number of nitrogens with one attached hydrogen (secondary N) is 2. The third kappa shape index (κ3) is 4.61. The van der Waals surface area contributed by atoms with Crippen molar-refractivity contribution < 1.29 is 14.3 Å². The lowest BCUT2D eigenvalue weighted by molar-refractivity contribution is -0.126. The second kappa shape index (κ2) is 9.31. The Bertz CT molecular complexity index is 1060. The third-order valence-corrected chi connectivity index (χ3v) is 6.78. The second-order valence-corrected chi connectivity index (χ2v) is 9.07. The van der Waals surface area contributed by atoms with Crippen LogP contribution in [0.2, 0.25) is 0 Å². The molecule has 3 aliphatic rings. The van der Waals surface area contributed by atoms with Crippen LogP contribution in [0.4, 0.5) is 0 Å². The van der Waals surface area contributed by atoms with Crippen LogP contribution < -0.4 is 15.4 Å². The van der Waals surface area contributed by atoms with E-state index in [1.54, 1.807) is 4.90 Å². The normalized spacial score (nSPS) is 25.0. The van der Waals surface area contributed by atoms with Crippen LogP contribution in [0, 0.1) is 0 Å².